The summed E-state index contributed by atoms with van der Waals surface area (Å²) in [6, 6.07) is 9.48. The van der Waals surface area contributed by atoms with Crippen molar-refractivity contribution in [3.63, 3.8) is 0 Å². The van der Waals surface area contributed by atoms with Gasteiger partial charge in [0.2, 0.25) is 5.91 Å². The number of hydrogen-bond donors (Lipinski definition) is 1. The van der Waals surface area contributed by atoms with Crippen LogP contribution in [0.25, 0.3) is 0 Å². The molecule has 0 spiro atoms. The van der Waals surface area contributed by atoms with Gasteiger partial charge in [-0.3, -0.25) is 9.59 Å². The molecule has 1 rings (SSSR count). The first-order valence-electron chi connectivity index (χ1n) is 8.62. The highest BCUT2D eigenvalue weighted by atomic mass is 16.5. The topological polar surface area (TPSA) is 55.4 Å². The number of ether oxygens (including phenoxy) is 1. The van der Waals surface area contributed by atoms with Crippen molar-refractivity contribution in [3.05, 3.63) is 35.9 Å². The van der Waals surface area contributed by atoms with E-state index in [9.17, 15) is 9.59 Å². The molecule has 1 N–H and O–H groups in total. The molecule has 1 aromatic rings. The molecule has 3 atom stereocenters. The van der Waals surface area contributed by atoms with E-state index in [1.165, 1.54) is 12.5 Å². The van der Waals surface area contributed by atoms with Crippen molar-refractivity contribution < 1.29 is 14.3 Å². The highest BCUT2D eigenvalue weighted by Crippen LogP contribution is 2.15. The molecule has 0 aliphatic heterocycles. The van der Waals surface area contributed by atoms with Crippen LogP contribution < -0.4 is 5.32 Å². The average Bonchev–Trinajstić information content (AvgIpc) is 2.48. The minimum atomic E-state index is -0.615. The first-order valence-corrected chi connectivity index (χ1v) is 8.62. The van der Waals surface area contributed by atoms with Crippen LogP contribution in [0, 0.1) is 5.92 Å². The minimum Gasteiger partial charge on any atom is -0.370 e. The van der Waals surface area contributed by atoms with Gasteiger partial charge in [-0.1, -0.05) is 37.3 Å². The van der Waals surface area contributed by atoms with Crippen LogP contribution in [0.4, 0.5) is 0 Å². The summed E-state index contributed by atoms with van der Waals surface area (Å²) in [5.41, 5.74) is 0.848. The van der Waals surface area contributed by atoms with Crippen molar-refractivity contribution >= 4 is 11.7 Å². The van der Waals surface area contributed by atoms with Crippen LogP contribution in [0.1, 0.15) is 53.5 Å². The number of Topliss-reactive ketones (excluding diaryl/α,β-unsaturated/α-hetero) is 1. The molecule has 0 saturated carbocycles. The number of carbonyl (C=O) groups is 2. The van der Waals surface area contributed by atoms with Crippen LogP contribution in [0.3, 0.4) is 0 Å². The molecule has 4 heteroatoms. The molecular weight excluding hydrogens is 302 g/mol. The lowest BCUT2D eigenvalue weighted by Crippen LogP contribution is -2.51. The number of nitrogens with one attached hydrogen (secondary N) is 1. The Kier molecular flexibility index (Phi) is 7.61. The highest BCUT2D eigenvalue weighted by Gasteiger charge is 2.29. The van der Waals surface area contributed by atoms with E-state index >= 15 is 0 Å². The Labute approximate surface area is 146 Å². The van der Waals surface area contributed by atoms with E-state index in [0.717, 1.165) is 12.8 Å². The Balaban J connectivity index is 2.59. The molecule has 0 heterocycles. The Morgan fingerprint density at radius 3 is 2.21 bits per heavy atom. The number of rotatable bonds is 8. The smallest absolute Gasteiger partial charge is 0.223 e. The summed E-state index contributed by atoms with van der Waals surface area (Å²) >= 11 is 0. The maximum absolute atomic E-state index is 12.4. The second kappa shape index (κ2) is 8.97. The molecule has 0 aromatic heterocycles. The van der Waals surface area contributed by atoms with Crippen molar-refractivity contribution in [1.29, 1.82) is 0 Å². The lowest BCUT2D eigenvalue weighted by atomic mass is 9.99. The van der Waals surface area contributed by atoms with E-state index in [-0.39, 0.29) is 29.3 Å². The lowest BCUT2D eigenvalue weighted by Gasteiger charge is -2.30. The van der Waals surface area contributed by atoms with E-state index in [1.807, 2.05) is 52.8 Å². The highest BCUT2D eigenvalue weighted by molar-refractivity contribution is 5.88. The van der Waals surface area contributed by atoms with Gasteiger partial charge in [0.15, 0.2) is 5.78 Å². The van der Waals surface area contributed by atoms with Crippen molar-refractivity contribution in [2.75, 3.05) is 0 Å². The van der Waals surface area contributed by atoms with Crippen molar-refractivity contribution in [3.8, 4) is 0 Å². The Morgan fingerprint density at radius 2 is 1.71 bits per heavy atom. The zero-order valence-electron chi connectivity index (χ0n) is 15.8. The number of hydrogen-bond acceptors (Lipinski definition) is 3. The van der Waals surface area contributed by atoms with E-state index in [2.05, 4.69) is 17.4 Å². The van der Waals surface area contributed by atoms with Gasteiger partial charge in [-0.15, -0.1) is 0 Å². The van der Waals surface area contributed by atoms with Gasteiger partial charge >= 0.3 is 0 Å². The van der Waals surface area contributed by atoms with E-state index in [1.54, 1.807) is 0 Å². The van der Waals surface area contributed by atoms with Crippen LogP contribution >= 0.6 is 0 Å². The average molecular weight is 333 g/mol. The van der Waals surface area contributed by atoms with Gasteiger partial charge in [-0.25, -0.2) is 0 Å². The summed E-state index contributed by atoms with van der Waals surface area (Å²) < 4.78 is 5.84. The molecule has 1 amide bonds. The van der Waals surface area contributed by atoms with Gasteiger partial charge in [-0.05, 0) is 53.0 Å². The lowest BCUT2D eigenvalue weighted by molar-refractivity contribution is -0.136. The van der Waals surface area contributed by atoms with Gasteiger partial charge in [0.1, 0.15) is 6.04 Å². The number of aryl methyl sites for hydroxylation is 1. The van der Waals surface area contributed by atoms with Crippen LogP contribution in [0.5, 0.6) is 0 Å². The van der Waals surface area contributed by atoms with E-state index in [0.29, 0.717) is 0 Å². The molecular formula is C20H31NO3. The molecule has 1 aromatic carbocycles. The predicted octanol–water partition coefficient (Wildman–Crippen LogP) is 3.53. The summed E-state index contributed by atoms with van der Waals surface area (Å²) in [7, 11) is 0. The maximum Gasteiger partial charge on any atom is 0.223 e. The Hall–Kier alpha value is -1.68. The van der Waals surface area contributed by atoms with Crippen LogP contribution in [-0.2, 0) is 20.7 Å². The Morgan fingerprint density at radius 1 is 1.12 bits per heavy atom. The largest absolute Gasteiger partial charge is 0.370 e. The normalized spacial score (nSPS) is 15.4. The van der Waals surface area contributed by atoms with Gasteiger partial charge in [0, 0.05) is 5.92 Å². The van der Waals surface area contributed by atoms with E-state index in [4.69, 9.17) is 4.74 Å². The standard InChI is InChI=1S/C20H31NO3/c1-14(12-13-17-10-8-7-9-11-17)19(23)21-18(15(2)22)16(3)24-20(4,5)6/h7-11,14,16,18H,12-13H2,1-6H3,(H,21,23)/t14-,16+,18+/m0/s1. The Bertz CT molecular complexity index is 534. The fraction of sp³-hybridized carbons (Fsp3) is 0.600. The van der Waals surface area contributed by atoms with Crippen molar-refractivity contribution in [1.82, 2.24) is 5.32 Å². The minimum absolute atomic E-state index is 0.0876. The summed E-state index contributed by atoms with van der Waals surface area (Å²) in [5.74, 6) is -0.347. The maximum atomic E-state index is 12.4. The number of amides is 1. The molecule has 0 aliphatic rings. The fourth-order valence-electron chi connectivity index (χ4n) is 2.63. The molecule has 0 unspecified atom stereocenters. The zero-order valence-corrected chi connectivity index (χ0v) is 15.8. The fourth-order valence-corrected chi connectivity index (χ4v) is 2.63. The summed E-state index contributed by atoms with van der Waals surface area (Å²) in [6.07, 6.45) is 1.22. The first-order chi connectivity index (χ1) is 11.1. The van der Waals surface area contributed by atoms with Gasteiger partial charge in [-0.2, -0.15) is 0 Å². The quantitative estimate of drug-likeness (QED) is 0.792. The van der Waals surface area contributed by atoms with Gasteiger partial charge in [0.05, 0.1) is 11.7 Å². The summed E-state index contributed by atoms with van der Waals surface area (Å²) in [5, 5.41) is 2.86. The third-order valence-electron chi connectivity index (χ3n) is 3.90. The summed E-state index contributed by atoms with van der Waals surface area (Å²) in [6.45, 7) is 11.0. The molecule has 0 bridgehead atoms. The van der Waals surface area contributed by atoms with E-state index < -0.39 is 6.04 Å². The number of carbonyl (C=O) groups excluding carboxylic acids is 2. The molecule has 0 fully saturated rings. The zero-order chi connectivity index (χ0) is 18.3. The third-order valence-corrected chi connectivity index (χ3v) is 3.90. The molecule has 0 radical (unpaired) electrons. The molecule has 24 heavy (non-hydrogen) atoms. The predicted molar refractivity (Wildman–Crippen MR) is 96.8 cm³/mol. The van der Waals surface area contributed by atoms with Crippen molar-refractivity contribution in [2.24, 2.45) is 5.92 Å². The second-order valence-corrected chi connectivity index (χ2v) is 7.46. The van der Waals surface area contributed by atoms with Crippen molar-refractivity contribution in [2.45, 2.75) is 72.1 Å². The van der Waals surface area contributed by atoms with Crippen LogP contribution in [0.15, 0.2) is 30.3 Å². The SMILES string of the molecule is CC(=O)[C@@H](NC(=O)[C@@H](C)CCc1ccccc1)[C@@H](C)OC(C)(C)C. The van der Waals surface area contributed by atoms with Crippen LogP contribution in [-0.4, -0.2) is 29.4 Å². The monoisotopic (exact) mass is 333 g/mol. The van der Waals surface area contributed by atoms with Gasteiger partial charge in [0.25, 0.3) is 0 Å². The molecule has 0 saturated heterocycles. The first kappa shape index (κ1) is 20.4. The molecule has 4 nitrogen and oxygen atoms in total. The molecule has 134 valence electrons. The number of benzene rings is 1. The summed E-state index contributed by atoms with van der Waals surface area (Å²) in [4.78, 5) is 24.3. The van der Waals surface area contributed by atoms with Crippen LogP contribution in [0.2, 0.25) is 0 Å². The third kappa shape index (κ3) is 7.26. The number of ketones is 1. The van der Waals surface area contributed by atoms with Gasteiger partial charge < -0.3 is 10.1 Å². The second-order valence-electron chi connectivity index (χ2n) is 7.46. The molecule has 0 aliphatic carbocycles.